The van der Waals surface area contributed by atoms with Gasteiger partial charge in [0.1, 0.15) is 31.1 Å². The molecule has 0 aliphatic carbocycles. The van der Waals surface area contributed by atoms with E-state index in [9.17, 15) is 5.11 Å². The highest BCUT2D eigenvalue weighted by Gasteiger charge is 2.13. The summed E-state index contributed by atoms with van der Waals surface area (Å²) in [6.45, 7) is 6.71. The smallest absolute Gasteiger partial charge is 0.123 e. The second-order valence-corrected chi connectivity index (χ2v) is 5.82. The molecular weight excluding hydrogens is 290 g/mol. The van der Waals surface area contributed by atoms with Gasteiger partial charge in [-0.25, -0.2) is 0 Å². The summed E-state index contributed by atoms with van der Waals surface area (Å²) in [4.78, 5) is 0. The number of ether oxygens (including phenoxy) is 1. The number of aryl methyl sites for hydroxylation is 1. The van der Waals surface area contributed by atoms with Crippen molar-refractivity contribution in [3.63, 3.8) is 0 Å². The predicted molar refractivity (Wildman–Crippen MR) is 81.8 cm³/mol. The van der Waals surface area contributed by atoms with Gasteiger partial charge in [0.05, 0.1) is 6.54 Å². The number of hydrogen-bond donors (Lipinski definition) is 1. The Bertz CT molecular complexity index is 585. The highest BCUT2D eigenvalue weighted by Crippen LogP contribution is 2.32. The van der Waals surface area contributed by atoms with E-state index in [2.05, 4.69) is 24.0 Å². The minimum Gasteiger partial charge on any atom is -0.491 e. The maximum Gasteiger partial charge on any atom is 0.123 e. The Balaban J connectivity index is 2.03. The molecule has 0 aliphatic rings. The van der Waals surface area contributed by atoms with E-state index in [1.165, 1.54) is 0 Å². The Morgan fingerprint density at radius 2 is 1.95 bits per heavy atom. The molecule has 2 rings (SSSR count). The van der Waals surface area contributed by atoms with Crippen molar-refractivity contribution in [2.75, 3.05) is 6.61 Å². The number of halogens is 1. The van der Waals surface area contributed by atoms with E-state index in [0.29, 0.717) is 12.5 Å². The van der Waals surface area contributed by atoms with Crippen LogP contribution in [0.3, 0.4) is 0 Å². The van der Waals surface area contributed by atoms with Crippen molar-refractivity contribution in [2.45, 2.75) is 39.3 Å². The molecule has 0 saturated heterocycles. The minimum absolute atomic E-state index is 0.207. The summed E-state index contributed by atoms with van der Waals surface area (Å²) >= 11 is 6.17. The maximum atomic E-state index is 10.0. The fourth-order valence-corrected chi connectivity index (χ4v) is 2.22. The molecule has 0 aliphatic heterocycles. The Morgan fingerprint density at radius 3 is 2.57 bits per heavy atom. The fourth-order valence-electron chi connectivity index (χ4n) is 2.05. The van der Waals surface area contributed by atoms with E-state index < -0.39 is 6.10 Å². The number of aliphatic hydroxyl groups excluding tert-OH is 1. The van der Waals surface area contributed by atoms with Gasteiger partial charge < -0.3 is 14.4 Å². The van der Waals surface area contributed by atoms with Gasteiger partial charge in [0.2, 0.25) is 0 Å². The first-order chi connectivity index (χ1) is 9.97. The van der Waals surface area contributed by atoms with Crippen molar-refractivity contribution in [2.24, 2.45) is 0 Å². The molecule has 1 unspecified atom stereocenters. The van der Waals surface area contributed by atoms with Gasteiger partial charge in [0, 0.05) is 5.02 Å². The van der Waals surface area contributed by atoms with Crippen LogP contribution in [0.2, 0.25) is 5.02 Å². The molecule has 1 heterocycles. The summed E-state index contributed by atoms with van der Waals surface area (Å²) in [7, 11) is 0. The van der Waals surface area contributed by atoms with Crippen molar-refractivity contribution in [1.82, 2.24) is 14.8 Å². The maximum absolute atomic E-state index is 10.0. The van der Waals surface area contributed by atoms with Crippen molar-refractivity contribution in [1.29, 1.82) is 0 Å². The van der Waals surface area contributed by atoms with Crippen LogP contribution in [0, 0.1) is 6.92 Å². The Kier molecular flexibility index (Phi) is 5.20. The molecule has 1 aromatic carbocycles. The second kappa shape index (κ2) is 6.91. The number of aromatic nitrogens is 3. The van der Waals surface area contributed by atoms with Crippen LogP contribution in [-0.4, -0.2) is 32.6 Å². The largest absolute Gasteiger partial charge is 0.491 e. The molecule has 0 saturated carbocycles. The third-order valence-electron chi connectivity index (χ3n) is 3.23. The monoisotopic (exact) mass is 309 g/mol. The zero-order valence-electron chi connectivity index (χ0n) is 12.5. The topological polar surface area (TPSA) is 60.2 Å². The lowest BCUT2D eigenvalue weighted by Crippen LogP contribution is -2.23. The lowest BCUT2D eigenvalue weighted by Gasteiger charge is -2.18. The van der Waals surface area contributed by atoms with Crippen molar-refractivity contribution < 1.29 is 9.84 Å². The van der Waals surface area contributed by atoms with Crippen LogP contribution in [0.15, 0.2) is 24.8 Å². The lowest BCUT2D eigenvalue weighted by atomic mass is 10.0. The van der Waals surface area contributed by atoms with Gasteiger partial charge in [0.25, 0.3) is 0 Å². The summed E-state index contributed by atoms with van der Waals surface area (Å²) in [6, 6.07) is 3.85. The molecule has 1 N–H and O–H groups in total. The molecule has 0 amide bonds. The first-order valence-electron chi connectivity index (χ1n) is 6.90. The lowest BCUT2D eigenvalue weighted by molar-refractivity contribution is 0.0917. The van der Waals surface area contributed by atoms with E-state index in [0.717, 1.165) is 21.9 Å². The number of aliphatic hydroxyl groups is 1. The Morgan fingerprint density at radius 1 is 1.29 bits per heavy atom. The molecule has 5 nitrogen and oxygen atoms in total. The van der Waals surface area contributed by atoms with Gasteiger partial charge in [-0.05, 0) is 36.1 Å². The fraction of sp³-hybridized carbons (Fsp3) is 0.467. The number of nitrogens with zero attached hydrogens (tertiary/aromatic N) is 3. The number of benzene rings is 1. The second-order valence-electron chi connectivity index (χ2n) is 5.42. The SMILES string of the molecule is Cc1cc(OCC(O)Cn2cnnc2)c(C(C)C)cc1Cl. The van der Waals surface area contributed by atoms with Crippen LogP contribution in [0.25, 0.3) is 0 Å². The first-order valence-corrected chi connectivity index (χ1v) is 7.28. The molecule has 6 heteroatoms. The third-order valence-corrected chi connectivity index (χ3v) is 3.64. The molecule has 0 radical (unpaired) electrons. The number of rotatable bonds is 6. The predicted octanol–water partition coefficient (Wildman–Crippen LogP) is 2.80. The van der Waals surface area contributed by atoms with Crippen molar-refractivity contribution in [3.8, 4) is 5.75 Å². The van der Waals surface area contributed by atoms with E-state index in [-0.39, 0.29) is 6.61 Å². The molecule has 1 atom stereocenters. The zero-order chi connectivity index (χ0) is 15.4. The molecule has 1 aromatic heterocycles. The summed E-state index contributed by atoms with van der Waals surface area (Å²) in [5.41, 5.74) is 2.01. The van der Waals surface area contributed by atoms with E-state index in [1.54, 1.807) is 17.2 Å². The van der Waals surface area contributed by atoms with E-state index >= 15 is 0 Å². The minimum atomic E-state index is -0.628. The number of hydrogen-bond acceptors (Lipinski definition) is 4. The van der Waals surface area contributed by atoms with Crippen LogP contribution in [-0.2, 0) is 6.54 Å². The van der Waals surface area contributed by atoms with Crippen LogP contribution in [0.4, 0.5) is 0 Å². The molecule has 0 bridgehead atoms. The standard InChI is InChI=1S/C15H20ClN3O2/c1-10(2)13-5-14(16)11(3)4-15(13)21-7-12(20)6-19-8-17-18-9-19/h4-5,8-10,12,20H,6-7H2,1-3H3. The zero-order valence-corrected chi connectivity index (χ0v) is 13.2. The van der Waals surface area contributed by atoms with Crippen LogP contribution in [0.1, 0.15) is 30.9 Å². The average Bonchev–Trinajstić information content (AvgIpc) is 2.92. The van der Waals surface area contributed by atoms with Gasteiger partial charge in [-0.3, -0.25) is 0 Å². The highest BCUT2D eigenvalue weighted by molar-refractivity contribution is 6.31. The average molecular weight is 310 g/mol. The Labute approximate surface area is 129 Å². The molecule has 0 spiro atoms. The third kappa shape index (κ3) is 4.19. The summed E-state index contributed by atoms with van der Waals surface area (Å²) in [6.07, 6.45) is 2.50. The summed E-state index contributed by atoms with van der Waals surface area (Å²) in [5, 5.41) is 18.1. The van der Waals surface area contributed by atoms with Gasteiger partial charge in [-0.2, -0.15) is 0 Å². The van der Waals surface area contributed by atoms with Crippen LogP contribution in [0.5, 0.6) is 5.75 Å². The van der Waals surface area contributed by atoms with E-state index in [1.807, 2.05) is 19.1 Å². The summed E-state index contributed by atoms with van der Waals surface area (Å²) in [5.74, 6) is 1.07. The van der Waals surface area contributed by atoms with Crippen LogP contribution < -0.4 is 4.74 Å². The van der Waals surface area contributed by atoms with Gasteiger partial charge in [0.15, 0.2) is 0 Å². The van der Waals surface area contributed by atoms with E-state index in [4.69, 9.17) is 16.3 Å². The molecule has 114 valence electrons. The quantitative estimate of drug-likeness (QED) is 0.891. The van der Waals surface area contributed by atoms with Gasteiger partial charge >= 0.3 is 0 Å². The summed E-state index contributed by atoms with van der Waals surface area (Å²) < 4.78 is 7.49. The highest BCUT2D eigenvalue weighted by atomic mass is 35.5. The van der Waals surface area contributed by atoms with Crippen molar-refractivity contribution in [3.05, 3.63) is 40.9 Å². The van der Waals surface area contributed by atoms with Gasteiger partial charge in [-0.1, -0.05) is 25.4 Å². The molecule has 0 fully saturated rings. The normalized spacial score (nSPS) is 12.7. The first kappa shape index (κ1) is 15.8. The molecule has 21 heavy (non-hydrogen) atoms. The van der Waals surface area contributed by atoms with Crippen LogP contribution >= 0.6 is 11.6 Å². The van der Waals surface area contributed by atoms with Crippen molar-refractivity contribution >= 4 is 11.6 Å². The molecule has 2 aromatic rings. The Hall–Kier alpha value is -1.59. The van der Waals surface area contributed by atoms with Gasteiger partial charge in [-0.15, -0.1) is 10.2 Å². The molecular formula is C15H20ClN3O2.